The summed E-state index contributed by atoms with van der Waals surface area (Å²) in [6.45, 7) is 10.4. The first-order valence-electron chi connectivity index (χ1n) is 8.36. The highest BCUT2D eigenvalue weighted by molar-refractivity contribution is 14.1. The topological polar surface area (TPSA) is 15.3 Å². The van der Waals surface area contributed by atoms with E-state index in [0.29, 0.717) is 11.6 Å². The molecule has 2 nitrogen and oxygen atoms in total. The van der Waals surface area contributed by atoms with Crippen LogP contribution >= 0.6 is 22.6 Å². The van der Waals surface area contributed by atoms with Crippen molar-refractivity contribution in [1.29, 1.82) is 0 Å². The predicted octanol–water partition coefficient (Wildman–Crippen LogP) is 4.42. The normalized spacial score (nSPS) is 22.4. The highest BCUT2D eigenvalue weighted by atomic mass is 127. The first-order chi connectivity index (χ1) is 10.1. The van der Waals surface area contributed by atoms with Crippen molar-refractivity contribution < 1.29 is 0 Å². The number of piperazine rings is 1. The van der Waals surface area contributed by atoms with Crippen molar-refractivity contribution in [2.24, 2.45) is 0 Å². The van der Waals surface area contributed by atoms with Gasteiger partial charge in [0, 0.05) is 34.8 Å². The van der Waals surface area contributed by atoms with Crippen molar-refractivity contribution in [3.05, 3.63) is 33.4 Å². The Morgan fingerprint density at radius 1 is 1.19 bits per heavy atom. The van der Waals surface area contributed by atoms with Gasteiger partial charge in [0.2, 0.25) is 0 Å². The number of benzene rings is 1. The van der Waals surface area contributed by atoms with Gasteiger partial charge in [0.05, 0.1) is 0 Å². The molecule has 1 aliphatic rings. The number of nitrogens with one attached hydrogen (secondary N) is 1. The van der Waals surface area contributed by atoms with Crippen molar-refractivity contribution >= 4 is 22.6 Å². The van der Waals surface area contributed by atoms with Gasteiger partial charge < -0.3 is 5.32 Å². The molecule has 0 amide bonds. The maximum atomic E-state index is 3.79. The van der Waals surface area contributed by atoms with Crippen LogP contribution in [0.2, 0.25) is 0 Å². The summed E-state index contributed by atoms with van der Waals surface area (Å²) in [5.41, 5.74) is 1.77. The Kier molecular flexibility index (Phi) is 6.51. The number of rotatable bonds is 6. The summed E-state index contributed by atoms with van der Waals surface area (Å²) in [6, 6.07) is 9.68. The minimum absolute atomic E-state index is 0.327. The Morgan fingerprint density at radius 2 is 1.86 bits per heavy atom. The van der Waals surface area contributed by atoms with Crippen LogP contribution in [0.5, 0.6) is 0 Å². The molecule has 0 aromatic heterocycles. The molecule has 1 atom stereocenters. The Hall–Kier alpha value is -0.130. The van der Waals surface area contributed by atoms with Crippen LogP contribution in [-0.4, -0.2) is 29.6 Å². The molecule has 1 heterocycles. The summed E-state index contributed by atoms with van der Waals surface area (Å²) in [5, 5.41) is 3.79. The van der Waals surface area contributed by atoms with Gasteiger partial charge >= 0.3 is 0 Å². The van der Waals surface area contributed by atoms with Gasteiger partial charge in [0.15, 0.2) is 0 Å². The lowest BCUT2D eigenvalue weighted by molar-refractivity contribution is 0.0228. The van der Waals surface area contributed by atoms with Crippen LogP contribution in [0.15, 0.2) is 24.3 Å². The van der Waals surface area contributed by atoms with E-state index >= 15 is 0 Å². The van der Waals surface area contributed by atoms with Crippen LogP contribution in [0.25, 0.3) is 0 Å². The van der Waals surface area contributed by atoms with Gasteiger partial charge in [-0.2, -0.15) is 0 Å². The number of nitrogens with zero attached hydrogens (tertiary/aromatic N) is 1. The zero-order valence-corrected chi connectivity index (χ0v) is 15.8. The molecular formula is C18H29IN2. The Bertz CT molecular complexity index is 425. The summed E-state index contributed by atoms with van der Waals surface area (Å²) in [7, 11) is 0. The molecule has 0 spiro atoms. The van der Waals surface area contributed by atoms with Crippen molar-refractivity contribution in [3.63, 3.8) is 0 Å². The van der Waals surface area contributed by atoms with Crippen molar-refractivity contribution in [2.45, 2.75) is 64.6 Å². The van der Waals surface area contributed by atoms with Gasteiger partial charge in [0.1, 0.15) is 0 Å². The third-order valence-electron chi connectivity index (χ3n) is 5.07. The highest BCUT2D eigenvalue weighted by Gasteiger charge is 2.38. The standard InChI is InChI=1S/C18H29IN2/c1-4-7-17-13-21(18(5-2,6-3)14-20-17)12-15-8-10-16(19)11-9-15/h8-11,17,20H,4-7,12-14H2,1-3H3. The summed E-state index contributed by atoms with van der Waals surface area (Å²) >= 11 is 2.38. The Balaban J connectivity index is 2.14. The first kappa shape index (κ1) is 17.2. The van der Waals surface area contributed by atoms with E-state index in [1.807, 2.05) is 0 Å². The van der Waals surface area contributed by atoms with Crippen LogP contribution in [0.4, 0.5) is 0 Å². The van der Waals surface area contributed by atoms with Gasteiger partial charge in [-0.25, -0.2) is 0 Å². The predicted molar refractivity (Wildman–Crippen MR) is 99.6 cm³/mol. The lowest BCUT2D eigenvalue weighted by Crippen LogP contribution is -2.63. The van der Waals surface area contributed by atoms with E-state index in [1.165, 1.54) is 41.4 Å². The Labute approximate surface area is 143 Å². The molecule has 0 bridgehead atoms. The summed E-state index contributed by atoms with van der Waals surface area (Å²) in [6.07, 6.45) is 4.99. The highest BCUT2D eigenvalue weighted by Crippen LogP contribution is 2.29. The van der Waals surface area contributed by atoms with E-state index in [-0.39, 0.29) is 0 Å². The van der Waals surface area contributed by atoms with Crippen molar-refractivity contribution in [1.82, 2.24) is 10.2 Å². The second-order valence-electron chi connectivity index (χ2n) is 6.30. The third-order valence-corrected chi connectivity index (χ3v) is 5.79. The lowest BCUT2D eigenvalue weighted by atomic mass is 9.86. The zero-order chi connectivity index (χ0) is 15.3. The average molecular weight is 400 g/mol. The fourth-order valence-electron chi connectivity index (χ4n) is 3.50. The molecule has 1 aliphatic heterocycles. The van der Waals surface area contributed by atoms with Gasteiger partial charge in [-0.15, -0.1) is 0 Å². The van der Waals surface area contributed by atoms with Crippen LogP contribution < -0.4 is 5.32 Å². The smallest absolute Gasteiger partial charge is 0.0333 e. The minimum atomic E-state index is 0.327. The van der Waals surface area contributed by atoms with E-state index < -0.39 is 0 Å². The monoisotopic (exact) mass is 400 g/mol. The van der Waals surface area contributed by atoms with Gasteiger partial charge in [-0.3, -0.25) is 4.90 Å². The molecule has 1 N–H and O–H groups in total. The van der Waals surface area contributed by atoms with E-state index in [2.05, 4.69) is 77.8 Å². The van der Waals surface area contributed by atoms with E-state index in [4.69, 9.17) is 0 Å². The maximum absolute atomic E-state index is 3.79. The molecule has 1 fully saturated rings. The van der Waals surface area contributed by atoms with Crippen LogP contribution in [0.1, 0.15) is 52.0 Å². The van der Waals surface area contributed by atoms with Crippen LogP contribution in [-0.2, 0) is 6.54 Å². The van der Waals surface area contributed by atoms with Crippen molar-refractivity contribution in [2.75, 3.05) is 13.1 Å². The molecule has 1 aromatic rings. The molecular weight excluding hydrogens is 371 g/mol. The third kappa shape index (κ3) is 4.20. The maximum Gasteiger partial charge on any atom is 0.0333 e. The SMILES string of the molecule is CCCC1CN(Cc2ccc(I)cc2)C(CC)(CC)CN1. The van der Waals surface area contributed by atoms with Crippen LogP contribution in [0, 0.1) is 3.57 Å². The fraction of sp³-hybridized carbons (Fsp3) is 0.667. The number of hydrogen-bond donors (Lipinski definition) is 1. The fourth-order valence-corrected chi connectivity index (χ4v) is 3.86. The summed E-state index contributed by atoms with van der Waals surface area (Å²) in [5.74, 6) is 0. The van der Waals surface area contributed by atoms with E-state index in [9.17, 15) is 0 Å². The lowest BCUT2D eigenvalue weighted by Gasteiger charge is -2.50. The number of halogens is 1. The van der Waals surface area contributed by atoms with Gasteiger partial charge in [-0.05, 0) is 59.5 Å². The zero-order valence-electron chi connectivity index (χ0n) is 13.7. The van der Waals surface area contributed by atoms with Gasteiger partial charge in [-0.1, -0.05) is 39.3 Å². The quantitative estimate of drug-likeness (QED) is 0.711. The van der Waals surface area contributed by atoms with Crippen LogP contribution in [0.3, 0.4) is 0 Å². The molecule has 3 heteroatoms. The van der Waals surface area contributed by atoms with E-state index in [0.717, 1.165) is 13.1 Å². The largest absolute Gasteiger partial charge is 0.311 e. The average Bonchev–Trinajstić information content (AvgIpc) is 2.51. The summed E-state index contributed by atoms with van der Waals surface area (Å²) in [4.78, 5) is 2.74. The molecule has 1 aromatic carbocycles. The second kappa shape index (κ2) is 7.93. The first-order valence-corrected chi connectivity index (χ1v) is 9.44. The molecule has 21 heavy (non-hydrogen) atoms. The molecule has 1 saturated heterocycles. The molecule has 118 valence electrons. The Morgan fingerprint density at radius 3 is 2.43 bits per heavy atom. The molecule has 0 saturated carbocycles. The minimum Gasteiger partial charge on any atom is -0.311 e. The van der Waals surface area contributed by atoms with E-state index in [1.54, 1.807) is 0 Å². The summed E-state index contributed by atoms with van der Waals surface area (Å²) < 4.78 is 1.32. The van der Waals surface area contributed by atoms with Gasteiger partial charge in [0.25, 0.3) is 0 Å². The van der Waals surface area contributed by atoms with Crippen molar-refractivity contribution in [3.8, 4) is 0 Å². The molecule has 2 rings (SSSR count). The molecule has 0 aliphatic carbocycles. The molecule has 1 unspecified atom stereocenters. The second-order valence-corrected chi connectivity index (χ2v) is 7.55. The molecule has 0 radical (unpaired) electrons. The number of hydrogen-bond acceptors (Lipinski definition) is 2.